The van der Waals surface area contributed by atoms with Crippen LogP contribution in [0.2, 0.25) is 0 Å². The molecule has 7 heteroatoms. The third-order valence-corrected chi connectivity index (χ3v) is 3.94. The number of rotatable bonds is 5. The second kappa shape index (κ2) is 6.81. The Balaban J connectivity index is 1.99. The lowest BCUT2D eigenvalue weighted by atomic mass is 10.1. The third kappa shape index (κ3) is 3.77. The largest absolute Gasteiger partial charge is 0.381 e. The summed E-state index contributed by atoms with van der Waals surface area (Å²) in [6, 6.07) is 0. The second-order valence-corrected chi connectivity index (χ2v) is 5.65. The van der Waals surface area contributed by atoms with E-state index in [4.69, 9.17) is 4.74 Å². The van der Waals surface area contributed by atoms with Crippen molar-refractivity contribution < 1.29 is 14.3 Å². The fourth-order valence-corrected chi connectivity index (χ4v) is 2.87. The molecule has 0 aromatic carbocycles. The standard InChI is InChI=1S/C13H19N3O3S/c1-3-16(6-10-4-5-19-7-10)12(18)11-8-20-13(15-11)14-9(2)17/h8,10H,3-7H2,1-2H3,(H,14,15,17)/t10-/m0/s1. The molecule has 0 bridgehead atoms. The molecule has 0 spiro atoms. The molecule has 110 valence electrons. The van der Waals surface area contributed by atoms with Crippen LogP contribution in [0.1, 0.15) is 30.8 Å². The number of hydrogen-bond acceptors (Lipinski definition) is 5. The first-order valence-electron chi connectivity index (χ1n) is 6.70. The van der Waals surface area contributed by atoms with E-state index in [9.17, 15) is 9.59 Å². The van der Waals surface area contributed by atoms with Crippen LogP contribution in [0.25, 0.3) is 0 Å². The van der Waals surface area contributed by atoms with E-state index in [-0.39, 0.29) is 11.8 Å². The monoisotopic (exact) mass is 297 g/mol. The topological polar surface area (TPSA) is 71.5 Å². The van der Waals surface area contributed by atoms with Gasteiger partial charge in [-0.3, -0.25) is 9.59 Å². The van der Waals surface area contributed by atoms with Gasteiger partial charge in [0, 0.05) is 37.9 Å². The molecule has 1 N–H and O–H groups in total. The molecule has 1 atom stereocenters. The van der Waals surface area contributed by atoms with Gasteiger partial charge in [-0.25, -0.2) is 4.98 Å². The van der Waals surface area contributed by atoms with E-state index < -0.39 is 0 Å². The minimum absolute atomic E-state index is 0.0905. The fourth-order valence-electron chi connectivity index (χ4n) is 2.14. The average molecular weight is 297 g/mol. The second-order valence-electron chi connectivity index (χ2n) is 4.79. The number of ether oxygens (including phenoxy) is 1. The van der Waals surface area contributed by atoms with E-state index in [1.54, 1.807) is 10.3 Å². The Bertz CT molecular complexity index is 483. The highest BCUT2D eigenvalue weighted by Gasteiger charge is 2.23. The summed E-state index contributed by atoms with van der Waals surface area (Å²) in [6.45, 7) is 6.21. The number of anilines is 1. The molecule has 2 rings (SSSR count). The number of nitrogens with zero attached hydrogens (tertiary/aromatic N) is 2. The minimum atomic E-state index is -0.186. The lowest BCUT2D eigenvalue weighted by Crippen LogP contribution is -2.35. The summed E-state index contributed by atoms with van der Waals surface area (Å²) >= 11 is 1.26. The van der Waals surface area contributed by atoms with Crippen molar-refractivity contribution in [2.75, 3.05) is 31.6 Å². The van der Waals surface area contributed by atoms with Crippen molar-refractivity contribution in [1.29, 1.82) is 0 Å². The van der Waals surface area contributed by atoms with Crippen molar-refractivity contribution in [3.05, 3.63) is 11.1 Å². The molecule has 0 unspecified atom stereocenters. The quantitative estimate of drug-likeness (QED) is 0.896. The van der Waals surface area contributed by atoms with E-state index in [1.165, 1.54) is 18.3 Å². The molecule has 1 fully saturated rings. The van der Waals surface area contributed by atoms with E-state index in [2.05, 4.69) is 10.3 Å². The van der Waals surface area contributed by atoms with Crippen LogP contribution < -0.4 is 5.32 Å². The molecule has 2 heterocycles. The number of thiazole rings is 1. The molecular formula is C13H19N3O3S. The summed E-state index contributed by atoms with van der Waals surface area (Å²) in [7, 11) is 0. The minimum Gasteiger partial charge on any atom is -0.381 e. The van der Waals surface area contributed by atoms with E-state index >= 15 is 0 Å². The van der Waals surface area contributed by atoms with Crippen molar-refractivity contribution in [3.8, 4) is 0 Å². The van der Waals surface area contributed by atoms with Gasteiger partial charge in [-0.2, -0.15) is 0 Å². The maximum Gasteiger partial charge on any atom is 0.273 e. The molecule has 6 nitrogen and oxygen atoms in total. The van der Waals surface area contributed by atoms with Crippen molar-refractivity contribution >= 4 is 28.3 Å². The van der Waals surface area contributed by atoms with Crippen LogP contribution in [-0.2, 0) is 9.53 Å². The summed E-state index contributed by atoms with van der Waals surface area (Å²) in [5.74, 6) is 0.133. The fraction of sp³-hybridized carbons (Fsp3) is 0.615. The lowest BCUT2D eigenvalue weighted by molar-refractivity contribution is -0.114. The molecule has 2 amide bonds. The van der Waals surface area contributed by atoms with Gasteiger partial charge in [0.25, 0.3) is 5.91 Å². The first-order valence-corrected chi connectivity index (χ1v) is 7.58. The molecule has 1 aliphatic rings. The Morgan fingerprint density at radius 3 is 3.00 bits per heavy atom. The van der Waals surface area contributed by atoms with Gasteiger partial charge in [-0.15, -0.1) is 11.3 Å². The Kier molecular flexibility index (Phi) is 5.08. The first-order chi connectivity index (χ1) is 9.60. The molecule has 0 saturated carbocycles. The number of hydrogen-bond donors (Lipinski definition) is 1. The van der Waals surface area contributed by atoms with Crippen LogP contribution in [0.3, 0.4) is 0 Å². The zero-order valence-electron chi connectivity index (χ0n) is 11.7. The summed E-state index contributed by atoms with van der Waals surface area (Å²) in [4.78, 5) is 29.3. The van der Waals surface area contributed by atoms with Gasteiger partial charge in [0.15, 0.2) is 5.13 Å². The van der Waals surface area contributed by atoms with Gasteiger partial charge in [-0.05, 0) is 13.3 Å². The van der Waals surface area contributed by atoms with Gasteiger partial charge in [0.1, 0.15) is 5.69 Å². The smallest absolute Gasteiger partial charge is 0.273 e. The predicted octanol–water partition coefficient (Wildman–Crippen LogP) is 1.60. The van der Waals surface area contributed by atoms with Crippen LogP contribution in [0.15, 0.2) is 5.38 Å². The molecule has 20 heavy (non-hydrogen) atoms. The molecule has 0 aliphatic carbocycles. The van der Waals surface area contributed by atoms with Crippen LogP contribution >= 0.6 is 11.3 Å². The average Bonchev–Trinajstić information content (AvgIpc) is 3.05. The summed E-state index contributed by atoms with van der Waals surface area (Å²) in [5.41, 5.74) is 0.388. The Labute approximate surface area is 122 Å². The van der Waals surface area contributed by atoms with Crippen molar-refractivity contribution in [1.82, 2.24) is 9.88 Å². The highest BCUT2D eigenvalue weighted by Crippen LogP contribution is 2.19. The highest BCUT2D eigenvalue weighted by atomic mass is 32.1. The zero-order valence-corrected chi connectivity index (χ0v) is 12.5. The molecule has 0 radical (unpaired) electrons. The van der Waals surface area contributed by atoms with Gasteiger partial charge in [0.2, 0.25) is 5.91 Å². The summed E-state index contributed by atoms with van der Waals surface area (Å²) in [5, 5.41) is 4.73. The van der Waals surface area contributed by atoms with Crippen LogP contribution in [0.5, 0.6) is 0 Å². The van der Waals surface area contributed by atoms with E-state index in [1.807, 2.05) is 6.92 Å². The maximum absolute atomic E-state index is 12.4. The Hall–Kier alpha value is -1.47. The van der Waals surface area contributed by atoms with E-state index in [0.29, 0.717) is 29.8 Å². The normalized spacial score (nSPS) is 18.0. The Morgan fingerprint density at radius 2 is 2.40 bits per heavy atom. The molecule has 1 aromatic heterocycles. The number of carbonyl (C=O) groups is 2. The van der Waals surface area contributed by atoms with E-state index in [0.717, 1.165) is 19.6 Å². The summed E-state index contributed by atoms with van der Waals surface area (Å²) < 4.78 is 5.34. The molecular weight excluding hydrogens is 278 g/mol. The predicted molar refractivity (Wildman–Crippen MR) is 76.9 cm³/mol. The maximum atomic E-state index is 12.4. The van der Waals surface area contributed by atoms with Crippen molar-refractivity contribution in [2.24, 2.45) is 5.92 Å². The zero-order chi connectivity index (χ0) is 14.5. The third-order valence-electron chi connectivity index (χ3n) is 3.18. The van der Waals surface area contributed by atoms with Crippen LogP contribution in [0.4, 0.5) is 5.13 Å². The van der Waals surface area contributed by atoms with Crippen LogP contribution in [0, 0.1) is 5.92 Å². The Morgan fingerprint density at radius 1 is 1.60 bits per heavy atom. The molecule has 1 aliphatic heterocycles. The first kappa shape index (κ1) is 14.9. The van der Waals surface area contributed by atoms with Gasteiger partial charge in [-0.1, -0.05) is 0 Å². The summed E-state index contributed by atoms with van der Waals surface area (Å²) in [6.07, 6.45) is 0.998. The number of nitrogens with one attached hydrogen (secondary N) is 1. The van der Waals surface area contributed by atoms with Gasteiger partial charge in [0.05, 0.1) is 6.61 Å². The number of carbonyl (C=O) groups excluding carboxylic acids is 2. The molecule has 1 saturated heterocycles. The SMILES string of the molecule is CCN(C[C@@H]1CCOC1)C(=O)c1csc(NC(C)=O)n1. The molecule has 1 aromatic rings. The van der Waals surface area contributed by atoms with Gasteiger partial charge >= 0.3 is 0 Å². The number of aromatic nitrogens is 1. The van der Waals surface area contributed by atoms with Crippen LogP contribution in [-0.4, -0.2) is 48.0 Å². The van der Waals surface area contributed by atoms with Gasteiger partial charge < -0.3 is 15.0 Å². The van der Waals surface area contributed by atoms with Crippen molar-refractivity contribution in [2.45, 2.75) is 20.3 Å². The number of amides is 2. The highest BCUT2D eigenvalue weighted by molar-refractivity contribution is 7.14. The van der Waals surface area contributed by atoms with Crippen molar-refractivity contribution in [3.63, 3.8) is 0 Å². The lowest BCUT2D eigenvalue weighted by Gasteiger charge is -2.22.